The number of aromatic amines is 1. The lowest BCUT2D eigenvalue weighted by molar-refractivity contribution is 0.124. The Bertz CT molecular complexity index is 1210. The maximum Gasteiger partial charge on any atom is 0.0993 e. The third kappa shape index (κ3) is 70.6. The summed E-state index contributed by atoms with van der Waals surface area (Å²) >= 11 is 4.08. The molecule has 96 heavy (non-hydrogen) atoms. The smallest absolute Gasteiger partial charge is 0.0993 e. The maximum atomic E-state index is 5.14. The highest BCUT2D eigenvalue weighted by Gasteiger charge is 2.22. The molecule has 14 heteroatoms. The van der Waals surface area contributed by atoms with Crippen LogP contribution in [0.15, 0.2) is 18.5 Å². The lowest BCUT2D eigenvalue weighted by Crippen LogP contribution is -2.46. The van der Waals surface area contributed by atoms with Gasteiger partial charge in [-0.15, -0.1) is 23.5 Å². The normalized spacial score (nSPS) is 20.1. The molecular weight excluding hydrogens is 1220 g/mol. The molecule has 592 valence electrons. The van der Waals surface area contributed by atoms with Gasteiger partial charge in [0.15, 0.2) is 0 Å². The van der Waals surface area contributed by atoms with Gasteiger partial charge < -0.3 is 51.8 Å². The summed E-state index contributed by atoms with van der Waals surface area (Å²) in [5.74, 6) is 11.4. The Morgan fingerprint density at radius 1 is 0.417 bits per heavy atom. The Hall–Kier alpha value is -0.460. The minimum Gasteiger partial charge on any atom is -0.367 e. The third-order valence-electron chi connectivity index (χ3n) is 16.2. The van der Waals surface area contributed by atoms with Crippen LogP contribution in [0.25, 0.3) is 0 Å². The van der Waals surface area contributed by atoms with E-state index in [1.165, 1.54) is 120 Å². The zero-order valence-electron chi connectivity index (χ0n) is 72.3. The Labute approximate surface area is 619 Å². The zero-order chi connectivity index (χ0) is 75.7. The third-order valence-corrected chi connectivity index (χ3v) is 18.7. The first-order valence-electron chi connectivity index (χ1n) is 40.7. The number of hydrogen-bond donors (Lipinski definition) is 8. The SMILES string of the molecule is C.CC.CC.CC.CC.CC.CC.CC.CC.CC.CC(C)C1CCCN1.CC(C)C1CCN1.CC(C)C1CCNC1.CC(C)C1CNC1.CC(C)C1NCCN1.CC(C)C1NCCS1.CC(C)N1CCC1.CC(C)N1CCOC1.CC(C)N1CCSC1.CC(C)c1cc[nH]c1. The van der Waals surface area contributed by atoms with Crippen molar-refractivity contribution < 1.29 is 4.74 Å². The van der Waals surface area contributed by atoms with Crippen molar-refractivity contribution >= 4 is 23.5 Å². The number of nitrogens with one attached hydrogen (secondary N) is 8. The first-order valence-corrected chi connectivity index (χ1v) is 43.0. The van der Waals surface area contributed by atoms with E-state index < -0.39 is 0 Å². The van der Waals surface area contributed by atoms with Gasteiger partial charge in [0, 0.05) is 92.7 Å². The van der Waals surface area contributed by atoms with Crippen molar-refractivity contribution in [3.8, 4) is 0 Å². The van der Waals surface area contributed by atoms with Crippen molar-refractivity contribution in [1.29, 1.82) is 0 Å². The molecular formula is C82H191N11OS2. The number of hydrogen-bond acceptors (Lipinski definition) is 13. The molecule has 10 heterocycles. The largest absolute Gasteiger partial charge is 0.367 e. The Kier molecular flexibility index (Phi) is 108. The molecule has 9 saturated heterocycles. The summed E-state index contributed by atoms with van der Waals surface area (Å²) in [7, 11) is 0. The molecule has 0 aromatic carbocycles. The standard InChI is InChI=1S/C7H15N.C7H11N.C7H15N.C6H14N2.C6H13NO.2C6H13NS.3C6H13N.9C2H6.CH4/c2*1-6(2)7-3-4-8-5-7;1-6(2)7-4-3-5-8-7;1-5(2)6-7-3-4-8-6;2*1-6(2)7-3-4-8-5-7;1-5(2)6-7-3-4-8-6;1-5(2)6-3-7-4-6;1-6(2)7-4-3-5-7;1-5(2)6-3-4-7-6;9*1-2;/h6-8H,3-5H2,1-2H3;3-6,8H,1-2H3;6-8H,3-5H2,1-2H3;5-8H,3-4H2,1-2H3;2*6H,3-5H2,1-2H3;5-7H,3-4H2,1-2H3;5-7H,3-4H2,1-2H3;6H,3-5H2,1-2H3;5-7H,3-4H2,1-2H3;9*1-2H3;1H4. The molecule has 12 nitrogen and oxygen atoms in total. The van der Waals surface area contributed by atoms with Gasteiger partial charge in [-0.3, -0.25) is 9.80 Å². The highest BCUT2D eigenvalue weighted by Crippen LogP contribution is 2.21. The van der Waals surface area contributed by atoms with Crippen molar-refractivity contribution in [2.24, 2.45) is 47.3 Å². The fourth-order valence-corrected chi connectivity index (χ4v) is 11.6. The van der Waals surface area contributed by atoms with Gasteiger partial charge in [0.05, 0.1) is 24.9 Å². The van der Waals surface area contributed by atoms with Crippen molar-refractivity contribution in [2.45, 2.75) is 350 Å². The van der Waals surface area contributed by atoms with Crippen LogP contribution < -0.4 is 37.2 Å². The molecule has 0 saturated carbocycles. The fourth-order valence-electron chi connectivity index (χ4n) is 9.29. The van der Waals surface area contributed by atoms with Gasteiger partial charge in [0.1, 0.15) is 0 Å². The summed E-state index contributed by atoms with van der Waals surface area (Å²) < 4.78 is 5.14. The van der Waals surface area contributed by atoms with E-state index in [4.69, 9.17) is 4.74 Å². The van der Waals surface area contributed by atoms with Gasteiger partial charge in [-0.1, -0.05) is 229 Å². The van der Waals surface area contributed by atoms with Crippen molar-refractivity contribution in [3.63, 3.8) is 0 Å². The monoisotopic (exact) mass is 1410 g/mol. The lowest BCUT2D eigenvalue weighted by atomic mass is 9.91. The Morgan fingerprint density at radius 3 is 1.03 bits per heavy atom. The number of nitrogens with zero attached hydrogens (tertiary/aromatic N) is 3. The molecule has 9 fully saturated rings. The summed E-state index contributed by atoms with van der Waals surface area (Å²) in [6.07, 6.45) is 11.5. The van der Waals surface area contributed by atoms with Crippen molar-refractivity contribution in [3.05, 3.63) is 24.0 Å². The molecule has 10 rings (SSSR count). The van der Waals surface area contributed by atoms with Crippen LogP contribution in [-0.4, -0.2) is 177 Å². The molecule has 0 bridgehead atoms. The average molecular weight is 1410 g/mol. The summed E-state index contributed by atoms with van der Waals surface area (Å²) in [5.41, 5.74) is 1.38. The summed E-state index contributed by atoms with van der Waals surface area (Å²) in [6, 6.07) is 5.94. The van der Waals surface area contributed by atoms with E-state index in [-0.39, 0.29) is 7.43 Å². The predicted octanol–water partition coefficient (Wildman–Crippen LogP) is 21.2. The molecule has 4 unspecified atom stereocenters. The minimum atomic E-state index is 0. The average Bonchev–Trinajstić information content (AvgIpc) is 2.20. The van der Waals surface area contributed by atoms with Crippen molar-refractivity contribution in [2.75, 3.05) is 116 Å². The van der Waals surface area contributed by atoms with Gasteiger partial charge in [-0.25, -0.2) is 0 Å². The van der Waals surface area contributed by atoms with Crippen LogP contribution >= 0.6 is 23.5 Å². The summed E-state index contributed by atoms with van der Waals surface area (Å²) in [4.78, 5) is 10.3. The Balaban J connectivity index is -0.000000104. The topological polar surface area (TPSA) is 119 Å². The molecule has 9 aliphatic heterocycles. The van der Waals surface area contributed by atoms with Crippen molar-refractivity contribution in [1.82, 2.24) is 56.9 Å². The molecule has 8 N–H and O–H groups in total. The number of aromatic nitrogens is 1. The molecule has 0 aliphatic carbocycles. The fraction of sp³-hybridized carbons (Fsp3) is 0.951. The van der Waals surface area contributed by atoms with Gasteiger partial charge in [0.25, 0.3) is 0 Å². The van der Waals surface area contributed by atoms with E-state index in [9.17, 15) is 0 Å². The molecule has 0 amide bonds. The number of rotatable bonds is 10. The predicted molar refractivity (Wildman–Crippen MR) is 455 cm³/mol. The zero-order valence-corrected chi connectivity index (χ0v) is 73.9. The van der Waals surface area contributed by atoms with Crippen LogP contribution in [0.4, 0.5) is 0 Å². The minimum absolute atomic E-state index is 0. The number of ether oxygens (including phenoxy) is 1. The van der Waals surface area contributed by atoms with Gasteiger partial charge >= 0.3 is 0 Å². The Morgan fingerprint density at radius 2 is 0.885 bits per heavy atom. The van der Waals surface area contributed by atoms with Crippen LogP contribution in [0.1, 0.15) is 314 Å². The number of H-pyrrole nitrogens is 1. The van der Waals surface area contributed by atoms with Gasteiger partial charge in [0.2, 0.25) is 0 Å². The van der Waals surface area contributed by atoms with Crippen LogP contribution in [0.2, 0.25) is 0 Å². The second-order valence-corrected chi connectivity index (χ2v) is 28.3. The first kappa shape index (κ1) is 117. The van der Waals surface area contributed by atoms with Crippen LogP contribution in [0.5, 0.6) is 0 Å². The summed E-state index contributed by atoms with van der Waals surface area (Å²) in [5, 5.41) is 24.2. The maximum absolute atomic E-state index is 5.14. The lowest BCUT2D eigenvalue weighted by Gasteiger charge is -2.34. The van der Waals surface area contributed by atoms with E-state index in [1.54, 1.807) is 0 Å². The molecule has 1 aromatic rings. The highest BCUT2D eigenvalue weighted by molar-refractivity contribution is 8.00. The molecule has 0 radical (unpaired) electrons. The molecule has 4 atom stereocenters. The van der Waals surface area contributed by atoms with E-state index in [0.717, 1.165) is 110 Å². The van der Waals surface area contributed by atoms with E-state index >= 15 is 0 Å². The second kappa shape index (κ2) is 88.8. The highest BCUT2D eigenvalue weighted by atomic mass is 32.2. The van der Waals surface area contributed by atoms with Gasteiger partial charge in [-0.05, 0) is 191 Å². The number of thioether (sulfide) groups is 2. The van der Waals surface area contributed by atoms with E-state index in [2.05, 4.69) is 201 Å². The van der Waals surface area contributed by atoms with Crippen LogP contribution in [0.3, 0.4) is 0 Å². The first-order chi connectivity index (χ1) is 45.5. The quantitative estimate of drug-likeness (QED) is 0.114. The number of likely N-dealkylation sites (tertiary alicyclic amines) is 1. The van der Waals surface area contributed by atoms with Gasteiger partial charge in [-0.2, -0.15) is 0 Å². The molecule has 1 aromatic heterocycles. The molecule has 9 aliphatic rings. The van der Waals surface area contributed by atoms with E-state index in [1.807, 2.05) is 161 Å². The van der Waals surface area contributed by atoms with E-state index in [0.29, 0.717) is 18.1 Å². The molecule has 0 spiro atoms. The van der Waals surface area contributed by atoms with Crippen LogP contribution in [-0.2, 0) is 4.74 Å². The summed E-state index contributed by atoms with van der Waals surface area (Å²) in [6.45, 7) is 98.7. The second-order valence-electron chi connectivity index (χ2n) is 26.0. The van der Waals surface area contributed by atoms with Crippen LogP contribution in [0, 0.1) is 47.3 Å².